The first-order valence-electron chi connectivity index (χ1n) is 11.0. The molecule has 1 aliphatic heterocycles. The van der Waals surface area contributed by atoms with E-state index in [1.54, 1.807) is 0 Å². The number of anilines is 1. The van der Waals surface area contributed by atoms with Crippen molar-refractivity contribution in [2.75, 3.05) is 5.32 Å². The minimum Gasteiger partial charge on any atom is -0.347 e. The van der Waals surface area contributed by atoms with Gasteiger partial charge in [-0.2, -0.15) is 0 Å². The van der Waals surface area contributed by atoms with Crippen LogP contribution < -0.4 is 10.6 Å². The number of nitrogens with zero attached hydrogens (tertiary/aromatic N) is 2. The third-order valence-electron chi connectivity index (χ3n) is 5.57. The zero-order valence-corrected chi connectivity index (χ0v) is 18.4. The molecule has 4 amide bonds. The van der Waals surface area contributed by atoms with E-state index >= 15 is 0 Å². The second-order valence-corrected chi connectivity index (χ2v) is 8.63. The summed E-state index contributed by atoms with van der Waals surface area (Å²) in [5.74, 6) is 0.0708. The normalized spacial score (nSPS) is 16.1. The molecule has 2 aromatic carbocycles. The van der Waals surface area contributed by atoms with E-state index in [0.717, 1.165) is 28.7 Å². The van der Waals surface area contributed by atoms with Gasteiger partial charge in [0.15, 0.2) is 0 Å². The van der Waals surface area contributed by atoms with Crippen LogP contribution in [0.4, 0.5) is 10.5 Å². The van der Waals surface area contributed by atoms with E-state index < -0.39 is 12.1 Å². The molecule has 1 aliphatic rings. The van der Waals surface area contributed by atoms with Crippen LogP contribution in [-0.2, 0) is 22.7 Å². The number of imide groups is 1. The molecule has 0 aliphatic carbocycles. The van der Waals surface area contributed by atoms with E-state index in [0.29, 0.717) is 5.92 Å². The average Bonchev–Trinajstić information content (AvgIpc) is 3.27. The summed E-state index contributed by atoms with van der Waals surface area (Å²) < 4.78 is 2.21. The molecule has 32 heavy (non-hydrogen) atoms. The number of hydrogen-bond donors (Lipinski definition) is 2. The number of amides is 4. The molecule has 1 fully saturated rings. The number of nitrogens with one attached hydrogen (secondary N) is 2. The molecule has 7 nitrogen and oxygen atoms in total. The van der Waals surface area contributed by atoms with Gasteiger partial charge in [0.1, 0.15) is 6.04 Å². The van der Waals surface area contributed by atoms with Gasteiger partial charge < -0.3 is 15.2 Å². The number of carbonyl (C=O) groups is 3. The van der Waals surface area contributed by atoms with Crippen LogP contribution in [0.5, 0.6) is 0 Å². The Labute approximate surface area is 187 Å². The standard InChI is InChI=1S/C25H28N4O3/c1-17(2)15-28-13-12-19-14-20(8-10-22(19)28)26-23(30)11-9-21-24(31)29(25(32)27-21)16-18-6-4-3-5-7-18/h3-8,10,12-14,17,21H,9,11,15-16H2,1-2H3,(H,26,30)(H,27,32)/t21-/m0/s1. The summed E-state index contributed by atoms with van der Waals surface area (Å²) in [6, 6.07) is 16.2. The van der Waals surface area contributed by atoms with Crippen molar-refractivity contribution in [2.45, 2.75) is 45.8 Å². The molecule has 2 heterocycles. The fraction of sp³-hybridized carbons (Fsp3) is 0.320. The Balaban J connectivity index is 1.32. The third-order valence-corrected chi connectivity index (χ3v) is 5.57. The highest BCUT2D eigenvalue weighted by Gasteiger charge is 2.37. The summed E-state index contributed by atoms with van der Waals surface area (Å²) in [4.78, 5) is 38.5. The van der Waals surface area contributed by atoms with E-state index in [4.69, 9.17) is 0 Å². The summed E-state index contributed by atoms with van der Waals surface area (Å²) in [5.41, 5.74) is 2.73. The third kappa shape index (κ3) is 4.82. The van der Waals surface area contributed by atoms with Crippen LogP contribution in [0.15, 0.2) is 60.8 Å². The molecule has 0 unspecified atom stereocenters. The maximum atomic E-state index is 12.6. The highest BCUT2D eigenvalue weighted by Crippen LogP contribution is 2.22. The predicted octanol–water partition coefficient (Wildman–Crippen LogP) is 4.14. The number of carbonyl (C=O) groups excluding carboxylic acids is 3. The summed E-state index contributed by atoms with van der Waals surface area (Å²) >= 11 is 0. The van der Waals surface area contributed by atoms with Crippen LogP contribution in [0, 0.1) is 5.92 Å². The van der Waals surface area contributed by atoms with E-state index in [9.17, 15) is 14.4 Å². The summed E-state index contributed by atoms with van der Waals surface area (Å²) in [7, 11) is 0. The highest BCUT2D eigenvalue weighted by molar-refractivity contribution is 6.04. The predicted molar refractivity (Wildman–Crippen MR) is 124 cm³/mol. The van der Waals surface area contributed by atoms with Crippen LogP contribution in [0.25, 0.3) is 10.9 Å². The number of fused-ring (bicyclic) bond motifs is 1. The molecule has 0 spiro atoms. The van der Waals surface area contributed by atoms with Gasteiger partial charge in [-0.15, -0.1) is 0 Å². The molecule has 7 heteroatoms. The van der Waals surface area contributed by atoms with Gasteiger partial charge in [0, 0.05) is 35.8 Å². The summed E-state index contributed by atoms with van der Waals surface area (Å²) in [6.07, 6.45) is 2.46. The lowest BCUT2D eigenvalue weighted by Gasteiger charge is -2.13. The first-order valence-corrected chi connectivity index (χ1v) is 11.0. The Morgan fingerprint density at radius 3 is 2.62 bits per heavy atom. The van der Waals surface area contributed by atoms with Crippen LogP contribution in [0.2, 0.25) is 0 Å². The van der Waals surface area contributed by atoms with Crippen molar-refractivity contribution in [2.24, 2.45) is 5.92 Å². The molecule has 0 saturated carbocycles. The number of rotatable bonds is 8. The maximum Gasteiger partial charge on any atom is 0.325 e. The van der Waals surface area contributed by atoms with Crippen LogP contribution >= 0.6 is 0 Å². The average molecular weight is 433 g/mol. The largest absolute Gasteiger partial charge is 0.347 e. The zero-order valence-electron chi connectivity index (χ0n) is 18.4. The van der Waals surface area contributed by atoms with Gasteiger partial charge in [-0.05, 0) is 42.2 Å². The van der Waals surface area contributed by atoms with Crippen molar-refractivity contribution in [1.82, 2.24) is 14.8 Å². The molecule has 0 radical (unpaired) electrons. The lowest BCUT2D eigenvalue weighted by Crippen LogP contribution is -2.31. The fourth-order valence-corrected chi connectivity index (χ4v) is 4.02. The monoisotopic (exact) mass is 432 g/mol. The van der Waals surface area contributed by atoms with Crippen molar-refractivity contribution < 1.29 is 14.4 Å². The van der Waals surface area contributed by atoms with Crippen molar-refractivity contribution in [3.05, 3.63) is 66.4 Å². The Morgan fingerprint density at radius 2 is 1.88 bits per heavy atom. The van der Waals surface area contributed by atoms with Gasteiger partial charge in [0.25, 0.3) is 5.91 Å². The van der Waals surface area contributed by atoms with Gasteiger partial charge in [-0.3, -0.25) is 14.5 Å². The Kier molecular flexibility index (Phi) is 6.25. The van der Waals surface area contributed by atoms with E-state index in [-0.39, 0.29) is 31.2 Å². The van der Waals surface area contributed by atoms with Gasteiger partial charge in [0.2, 0.25) is 5.91 Å². The highest BCUT2D eigenvalue weighted by atomic mass is 16.2. The van der Waals surface area contributed by atoms with Gasteiger partial charge in [-0.25, -0.2) is 4.79 Å². The van der Waals surface area contributed by atoms with E-state index in [1.807, 2.05) is 54.6 Å². The van der Waals surface area contributed by atoms with Gasteiger partial charge in [0.05, 0.1) is 6.54 Å². The first kappa shape index (κ1) is 21.6. The maximum absolute atomic E-state index is 12.6. The minimum absolute atomic E-state index is 0.141. The minimum atomic E-state index is -0.676. The second kappa shape index (κ2) is 9.26. The van der Waals surface area contributed by atoms with E-state index in [2.05, 4.69) is 35.2 Å². The van der Waals surface area contributed by atoms with Crippen molar-refractivity contribution in [1.29, 1.82) is 0 Å². The Bertz CT molecular complexity index is 1140. The molecule has 1 aromatic heterocycles. The Hall–Kier alpha value is -3.61. The summed E-state index contributed by atoms with van der Waals surface area (Å²) in [5, 5.41) is 6.66. The molecular formula is C25H28N4O3. The van der Waals surface area contributed by atoms with Gasteiger partial charge in [-0.1, -0.05) is 44.2 Å². The van der Waals surface area contributed by atoms with Gasteiger partial charge >= 0.3 is 6.03 Å². The van der Waals surface area contributed by atoms with Crippen LogP contribution in [-0.4, -0.2) is 33.4 Å². The van der Waals surface area contributed by atoms with Crippen molar-refractivity contribution in [3.63, 3.8) is 0 Å². The molecular weight excluding hydrogens is 404 g/mol. The smallest absolute Gasteiger partial charge is 0.325 e. The lowest BCUT2D eigenvalue weighted by atomic mass is 10.1. The number of hydrogen-bond acceptors (Lipinski definition) is 3. The lowest BCUT2D eigenvalue weighted by molar-refractivity contribution is -0.128. The molecule has 1 saturated heterocycles. The number of aromatic nitrogens is 1. The molecule has 0 bridgehead atoms. The zero-order chi connectivity index (χ0) is 22.7. The molecule has 1 atom stereocenters. The number of urea groups is 1. The Morgan fingerprint density at radius 1 is 1.09 bits per heavy atom. The summed E-state index contributed by atoms with van der Waals surface area (Å²) in [6.45, 7) is 5.53. The topological polar surface area (TPSA) is 83.4 Å². The van der Waals surface area contributed by atoms with Crippen LogP contribution in [0.1, 0.15) is 32.3 Å². The fourth-order valence-electron chi connectivity index (χ4n) is 4.02. The number of benzene rings is 2. The van der Waals surface area contributed by atoms with Crippen LogP contribution in [0.3, 0.4) is 0 Å². The molecule has 166 valence electrons. The van der Waals surface area contributed by atoms with Crippen molar-refractivity contribution in [3.8, 4) is 0 Å². The molecule has 2 N–H and O–H groups in total. The molecule has 3 aromatic rings. The van der Waals surface area contributed by atoms with E-state index in [1.165, 1.54) is 4.90 Å². The second-order valence-electron chi connectivity index (χ2n) is 8.63. The first-order chi connectivity index (χ1) is 15.4. The quantitative estimate of drug-likeness (QED) is 0.525. The van der Waals surface area contributed by atoms with Crippen molar-refractivity contribution >= 4 is 34.4 Å². The SMILES string of the molecule is CC(C)Cn1ccc2cc(NC(=O)CC[C@@H]3NC(=O)N(Cc4ccccc4)C3=O)ccc21. The molecule has 4 rings (SSSR count).